The topological polar surface area (TPSA) is 37.4 Å². The Morgan fingerprint density at radius 3 is 2.75 bits per heavy atom. The summed E-state index contributed by atoms with van der Waals surface area (Å²) in [6, 6.07) is 6.38. The first-order valence-electron chi connectivity index (χ1n) is 6.22. The zero-order chi connectivity index (χ0) is 14.7. The Hall–Kier alpha value is -1.02. The molecule has 20 heavy (non-hydrogen) atoms. The standard InChI is InChI=1S/C14H18IN3OS/c1-9-7-10(15)5-6-11(9)16-8-12-13(19-4)17-14(20-12)18(2)3/h5-7,16H,8H2,1-4H3. The minimum absolute atomic E-state index is 0.703. The molecular formula is C14H18IN3OS. The van der Waals surface area contributed by atoms with Gasteiger partial charge in [0.1, 0.15) is 0 Å². The third-order valence-corrected chi connectivity index (χ3v) is 4.73. The fourth-order valence-electron chi connectivity index (χ4n) is 1.79. The van der Waals surface area contributed by atoms with Crippen molar-refractivity contribution in [3.8, 4) is 5.88 Å². The Bertz CT molecular complexity index is 598. The van der Waals surface area contributed by atoms with Crippen molar-refractivity contribution in [2.75, 3.05) is 31.4 Å². The van der Waals surface area contributed by atoms with Crippen LogP contribution >= 0.6 is 33.9 Å². The maximum atomic E-state index is 5.35. The molecule has 108 valence electrons. The van der Waals surface area contributed by atoms with Gasteiger partial charge in [0.15, 0.2) is 5.13 Å². The molecule has 0 radical (unpaired) electrons. The molecule has 0 amide bonds. The van der Waals surface area contributed by atoms with Crippen molar-refractivity contribution in [1.82, 2.24) is 4.98 Å². The molecule has 0 bridgehead atoms. The Morgan fingerprint density at radius 2 is 2.15 bits per heavy atom. The summed E-state index contributed by atoms with van der Waals surface area (Å²) in [4.78, 5) is 7.56. The van der Waals surface area contributed by atoms with E-state index in [9.17, 15) is 0 Å². The van der Waals surface area contributed by atoms with E-state index in [2.05, 4.69) is 58.0 Å². The van der Waals surface area contributed by atoms with Crippen LogP contribution in [0.5, 0.6) is 5.88 Å². The summed E-state index contributed by atoms with van der Waals surface area (Å²) in [6.45, 7) is 2.83. The van der Waals surface area contributed by atoms with Gasteiger partial charge in [0, 0.05) is 23.4 Å². The van der Waals surface area contributed by atoms with E-state index in [1.807, 2.05) is 19.0 Å². The predicted octanol–water partition coefficient (Wildman–Crippen LogP) is 3.74. The molecule has 6 heteroatoms. The molecule has 1 aromatic carbocycles. The number of benzene rings is 1. The number of halogens is 1. The van der Waals surface area contributed by atoms with E-state index in [0.717, 1.165) is 22.2 Å². The van der Waals surface area contributed by atoms with Crippen LogP contribution in [0.15, 0.2) is 18.2 Å². The first-order valence-corrected chi connectivity index (χ1v) is 8.12. The SMILES string of the molecule is COc1nc(N(C)C)sc1CNc1ccc(I)cc1C. The van der Waals surface area contributed by atoms with E-state index in [1.165, 1.54) is 9.13 Å². The molecule has 2 rings (SSSR count). The molecule has 0 atom stereocenters. The second kappa shape index (κ2) is 6.62. The summed E-state index contributed by atoms with van der Waals surface area (Å²) < 4.78 is 6.59. The lowest BCUT2D eigenvalue weighted by Crippen LogP contribution is -2.07. The monoisotopic (exact) mass is 403 g/mol. The van der Waals surface area contributed by atoms with E-state index in [-0.39, 0.29) is 0 Å². The highest BCUT2D eigenvalue weighted by molar-refractivity contribution is 14.1. The highest BCUT2D eigenvalue weighted by atomic mass is 127. The summed E-state index contributed by atoms with van der Waals surface area (Å²) in [5.41, 5.74) is 2.39. The summed E-state index contributed by atoms with van der Waals surface area (Å²) in [7, 11) is 5.63. The number of ether oxygens (including phenoxy) is 1. The zero-order valence-corrected chi connectivity index (χ0v) is 15.0. The van der Waals surface area contributed by atoms with E-state index in [0.29, 0.717) is 5.88 Å². The van der Waals surface area contributed by atoms with Gasteiger partial charge in [-0.2, -0.15) is 4.98 Å². The second-order valence-corrected chi connectivity index (χ2v) is 6.94. The molecule has 1 aromatic heterocycles. The van der Waals surface area contributed by atoms with Crippen molar-refractivity contribution >= 4 is 44.7 Å². The van der Waals surface area contributed by atoms with Crippen LogP contribution in [0, 0.1) is 10.5 Å². The average Bonchev–Trinajstić information content (AvgIpc) is 2.81. The molecule has 0 fully saturated rings. The lowest BCUT2D eigenvalue weighted by atomic mass is 10.2. The fourth-order valence-corrected chi connectivity index (χ4v) is 3.33. The Labute approximate surface area is 137 Å². The minimum atomic E-state index is 0.703. The number of nitrogens with zero attached hydrogens (tertiary/aromatic N) is 2. The fraction of sp³-hybridized carbons (Fsp3) is 0.357. The largest absolute Gasteiger partial charge is 0.480 e. The highest BCUT2D eigenvalue weighted by Crippen LogP contribution is 2.31. The van der Waals surface area contributed by atoms with Crippen molar-refractivity contribution in [1.29, 1.82) is 0 Å². The van der Waals surface area contributed by atoms with Crippen LogP contribution < -0.4 is 15.0 Å². The van der Waals surface area contributed by atoms with Crippen molar-refractivity contribution in [3.63, 3.8) is 0 Å². The molecule has 0 unspecified atom stereocenters. The van der Waals surface area contributed by atoms with Gasteiger partial charge >= 0.3 is 0 Å². The number of rotatable bonds is 5. The van der Waals surface area contributed by atoms with Gasteiger partial charge in [-0.05, 0) is 53.3 Å². The van der Waals surface area contributed by atoms with Crippen LogP contribution in [0.4, 0.5) is 10.8 Å². The summed E-state index contributed by atoms with van der Waals surface area (Å²) in [5.74, 6) is 0.703. The maximum absolute atomic E-state index is 5.35. The predicted molar refractivity (Wildman–Crippen MR) is 94.2 cm³/mol. The second-order valence-electron chi connectivity index (χ2n) is 4.64. The van der Waals surface area contributed by atoms with Gasteiger partial charge in [0.25, 0.3) is 0 Å². The van der Waals surface area contributed by atoms with E-state index in [1.54, 1.807) is 18.4 Å². The molecule has 2 aromatic rings. The number of aromatic nitrogens is 1. The molecular weight excluding hydrogens is 385 g/mol. The van der Waals surface area contributed by atoms with Gasteiger partial charge in [-0.15, -0.1) is 0 Å². The molecule has 1 N–H and O–H groups in total. The van der Waals surface area contributed by atoms with Gasteiger partial charge in [-0.3, -0.25) is 0 Å². The molecule has 1 heterocycles. The lowest BCUT2D eigenvalue weighted by Gasteiger charge is -2.09. The first kappa shape index (κ1) is 15.4. The van der Waals surface area contributed by atoms with Crippen molar-refractivity contribution in [2.24, 2.45) is 0 Å². The van der Waals surface area contributed by atoms with Gasteiger partial charge in [-0.1, -0.05) is 11.3 Å². The van der Waals surface area contributed by atoms with Crippen molar-refractivity contribution in [3.05, 3.63) is 32.2 Å². The van der Waals surface area contributed by atoms with Gasteiger partial charge in [-0.25, -0.2) is 0 Å². The van der Waals surface area contributed by atoms with Crippen LogP contribution in [0.1, 0.15) is 10.4 Å². The first-order chi connectivity index (χ1) is 9.51. The van der Waals surface area contributed by atoms with Gasteiger partial charge < -0.3 is 15.0 Å². The van der Waals surface area contributed by atoms with Gasteiger partial charge in [0.2, 0.25) is 5.88 Å². The van der Waals surface area contributed by atoms with Crippen molar-refractivity contribution < 1.29 is 4.74 Å². The smallest absolute Gasteiger partial charge is 0.231 e. The molecule has 0 saturated heterocycles. The average molecular weight is 403 g/mol. The lowest BCUT2D eigenvalue weighted by molar-refractivity contribution is 0.397. The number of methoxy groups -OCH3 is 1. The Kier molecular flexibility index (Phi) is 5.09. The maximum Gasteiger partial charge on any atom is 0.231 e. The molecule has 0 aliphatic heterocycles. The number of anilines is 2. The third-order valence-electron chi connectivity index (χ3n) is 2.85. The zero-order valence-electron chi connectivity index (χ0n) is 12.0. The Morgan fingerprint density at radius 1 is 1.40 bits per heavy atom. The van der Waals surface area contributed by atoms with Crippen LogP contribution in [0.25, 0.3) is 0 Å². The molecule has 0 aliphatic rings. The minimum Gasteiger partial charge on any atom is -0.480 e. The van der Waals surface area contributed by atoms with Crippen LogP contribution in [-0.2, 0) is 6.54 Å². The van der Waals surface area contributed by atoms with Crippen molar-refractivity contribution in [2.45, 2.75) is 13.5 Å². The number of hydrogen-bond donors (Lipinski definition) is 1. The number of nitrogens with one attached hydrogen (secondary N) is 1. The number of aryl methyl sites for hydroxylation is 1. The van der Waals surface area contributed by atoms with Crippen LogP contribution in [0.2, 0.25) is 0 Å². The molecule has 0 spiro atoms. The highest BCUT2D eigenvalue weighted by Gasteiger charge is 2.13. The van der Waals surface area contributed by atoms with E-state index in [4.69, 9.17) is 4.74 Å². The Balaban J connectivity index is 2.14. The molecule has 0 saturated carbocycles. The van der Waals surface area contributed by atoms with Crippen LogP contribution in [0.3, 0.4) is 0 Å². The van der Waals surface area contributed by atoms with E-state index >= 15 is 0 Å². The van der Waals surface area contributed by atoms with Crippen LogP contribution in [-0.4, -0.2) is 26.2 Å². The summed E-state index contributed by atoms with van der Waals surface area (Å²) in [5, 5.41) is 4.41. The molecule has 4 nitrogen and oxygen atoms in total. The summed E-state index contributed by atoms with van der Waals surface area (Å²) >= 11 is 3.97. The number of hydrogen-bond acceptors (Lipinski definition) is 5. The quantitative estimate of drug-likeness (QED) is 0.772. The number of thiazole rings is 1. The van der Waals surface area contributed by atoms with E-state index < -0.39 is 0 Å². The van der Waals surface area contributed by atoms with Gasteiger partial charge in [0.05, 0.1) is 18.5 Å². The third kappa shape index (κ3) is 3.54. The molecule has 0 aliphatic carbocycles. The summed E-state index contributed by atoms with van der Waals surface area (Å²) in [6.07, 6.45) is 0. The normalized spacial score (nSPS) is 10.4.